The van der Waals surface area contributed by atoms with Crippen molar-refractivity contribution in [3.05, 3.63) is 37.1 Å². The molecule has 0 fully saturated rings. The van der Waals surface area contributed by atoms with Crippen LogP contribution in [-0.2, 0) is 0 Å². The molecular formula is C10H7I2N. The van der Waals surface area contributed by atoms with E-state index in [4.69, 9.17) is 0 Å². The fourth-order valence-corrected chi connectivity index (χ4v) is 3.22. The van der Waals surface area contributed by atoms with Gasteiger partial charge in [-0.05, 0) is 69.8 Å². The first kappa shape index (κ1) is 9.64. The first-order valence-corrected chi connectivity index (χ1v) is 6.05. The van der Waals surface area contributed by atoms with Gasteiger partial charge in [-0.1, -0.05) is 6.07 Å². The number of fused-ring (bicyclic) bond motifs is 1. The van der Waals surface area contributed by atoms with E-state index in [-0.39, 0.29) is 0 Å². The van der Waals surface area contributed by atoms with E-state index in [2.05, 4.69) is 69.2 Å². The quantitative estimate of drug-likeness (QED) is 0.620. The van der Waals surface area contributed by atoms with E-state index in [1.54, 1.807) is 0 Å². The number of benzene rings is 1. The molecule has 0 amide bonds. The van der Waals surface area contributed by atoms with E-state index in [0.29, 0.717) is 0 Å². The average Bonchev–Trinajstić information content (AvgIpc) is 2.15. The monoisotopic (exact) mass is 395 g/mol. The molecule has 0 unspecified atom stereocenters. The Morgan fingerprint density at radius 2 is 2.00 bits per heavy atom. The SMILES string of the molecule is Cc1c(I)cc(I)c2cccnc12. The van der Waals surface area contributed by atoms with E-state index >= 15 is 0 Å². The summed E-state index contributed by atoms with van der Waals surface area (Å²) in [5, 5.41) is 1.25. The lowest BCUT2D eigenvalue weighted by Crippen LogP contribution is -1.89. The summed E-state index contributed by atoms with van der Waals surface area (Å²) in [7, 11) is 0. The Kier molecular flexibility index (Phi) is 2.73. The number of hydrogen-bond acceptors (Lipinski definition) is 1. The number of halogens is 2. The van der Waals surface area contributed by atoms with Gasteiger partial charge in [0.2, 0.25) is 0 Å². The number of hydrogen-bond donors (Lipinski definition) is 0. The van der Waals surface area contributed by atoms with Crippen molar-refractivity contribution < 1.29 is 0 Å². The summed E-state index contributed by atoms with van der Waals surface area (Å²) in [6.45, 7) is 2.12. The molecular weight excluding hydrogens is 388 g/mol. The third-order valence-corrected chi connectivity index (χ3v) is 4.04. The highest BCUT2D eigenvalue weighted by Gasteiger charge is 2.05. The number of rotatable bonds is 0. The predicted molar refractivity (Wildman–Crippen MR) is 71.9 cm³/mol. The number of aryl methyl sites for hydroxylation is 1. The van der Waals surface area contributed by atoms with Crippen LogP contribution in [0.2, 0.25) is 0 Å². The second-order valence-corrected chi connectivity index (χ2v) is 5.19. The van der Waals surface area contributed by atoms with Crippen LogP contribution in [0.15, 0.2) is 24.4 Å². The fraction of sp³-hybridized carbons (Fsp3) is 0.100. The number of pyridine rings is 1. The van der Waals surface area contributed by atoms with Crippen molar-refractivity contribution in [3.8, 4) is 0 Å². The van der Waals surface area contributed by atoms with E-state index in [1.807, 2.05) is 12.3 Å². The third-order valence-electron chi connectivity index (χ3n) is 2.03. The Labute approximate surface area is 104 Å². The van der Waals surface area contributed by atoms with Crippen LogP contribution in [-0.4, -0.2) is 4.98 Å². The van der Waals surface area contributed by atoms with Gasteiger partial charge in [-0.15, -0.1) is 0 Å². The second-order valence-electron chi connectivity index (χ2n) is 2.86. The van der Waals surface area contributed by atoms with Crippen LogP contribution < -0.4 is 0 Å². The van der Waals surface area contributed by atoms with Gasteiger partial charge in [0.15, 0.2) is 0 Å². The molecule has 0 bridgehead atoms. The molecule has 2 rings (SSSR count). The molecule has 1 aromatic heterocycles. The highest BCUT2D eigenvalue weighted by Crippen LogP contribution is 2.25. The summed E-state index contributed by atoms with van der Waals surface area (Å²) >= 11 is 4.71. The van der Waals surface area contributed by atoms with Crippen molar-refractivity contribution in [1.29, 1.82) is 0 Å². The van der Waals surface area contributed by atoms with Crippen LogP contribution >= 0.6 is 45.2 Å². The van der Waals surface area contributed by atoms with Crippen LogP contribution in [0.1, 0.15) is 5.56 Å². The van der Waals surface area contributed by atoms with Gasteiger partial charge >= 0.3 is 0 Å². The van der Waals surface area contributed by atoms with Gasteiger partial charge in [-0.2, -0.15) is 0 Å². The molecule has 0 N–H and O–H groups in total. The summed E-state index contributed by atoms with van der Waals surface area (Å²) in [6.07, 6.45) is 1.85. The van der Waals surface area contributed by atoms with Gasteiger partial charge in [0.1, 0.15) is 0 Å². The molecule has 0 spiro atoms. The number of aromatic nitrogens is 1. The third kappa shape index (κ3) is 1.68. The molecule has 0 aliphatic heterocycles. The minimum Gasteiger partial charge on any atom is -0.256 e. The Hall–Kier alpha value is 0.0900. The molecule has 1 nitrogen and oxygen atoms in total. The summed E-state index contributed by atoms with van der Waals surface area (Å²) in [4.78, 5) is 4.39. The molecule has 13 heavy (non-hydrogen) atoms. The standard InChI is InChI=1S/C10H7I2N/c1-6-8(11)5-9(12)7-3-2-4-13-10(6)7/h2-5H,1H3. The molecule has 0 aliphatic rings. The predicted octanol–water partition coefficient (Wildman–Crippen LogP) is 3.75. The van der Waals surface area contributed by atoms with Gasteiger partial charge in [-0.3, -0.25) is 4.98 Å². The molecule has 0 atom stereocenters. The molecule has 2 aromatic rings. The van der Waals surface area contributed by atoms with E-state index in [1.165, 1.54) is 18.1 Å². The van der Waals surface area contributed by atoms with Crippen LogP contribution in [0.25, 0.3) is 10.9 Å². The molecule has 1 aromatic carbocycles. The highest BCUT2D eigenvalue weighted by molar-refractivity contribution is 14.1. The minimum absolute atomic E-state index is 1.12. The zero-order valence-corrected chi connectivity index (χ0v) is 11.3. The van der Waals surface area contributed by atoms with Crippen LogP contribution in [0, 0.1) is 14.1 Å². The maximum absolute atomic E-state index is 4.39. The first-order valence-electron chi connectivity index (χ1n) is 3.89. The summed E-state index contributed by atoms with van der Waals surface area (Å²) in [6, 6.07) is 6.30. The van der Waals surface area contributed by atoms with Gasteiger partial charge in [-0.25, -0.2) is 0 Å². The number of nitrogens with zero attached hydrogens (tertiary/aromatic N) is 1. The van der Waals surface area contributed by atoms with Gasteiger partial charge in [0.05, 0.1) is 5.52 Å². The summed E-state index contributed by atoms with van der Waals surface area (Å²) in [5.41, 5.74) is 2.40. The molecule has 0 saturated heterocycles. The molecule has 1 heterocycles. The summed E-state index contributed by atoms with van der Waals surface area (Å²) < 4.78 is 2.56. The first-order chi connectivity index (χ1) is 6.20. The lowest BCUT2D eigenvalue weighted by Gasteiger charge is -2.05. The van der Waals surface area contributed by atoms with Crippen molar-refractivity contribution in [3.63, 3.8) is 0 Å². The van der Waals surface area contributed by atoms with Gasteiger partial charge in [0.25, 0.3) is 0 Å². The molecule has 3 heteroatoms. The normalized spacial score (nSPS) is 10.7. The molecule has 0 aliphatic carbocycles. The van der Waals surface area contributed by atoms with Crippen molar-refractivity contribution in [2.75, 3.05) is 0 Å². The smallest absolute Gasteiger partial charge is 0.0752 e. The van der Waals surface area contributed by atoms with Crippen molar-refractivity contribution in [2.45, 2.75) is 6.92 Å². The Balaban J connectivity index is 2.97. The van der Waals surface area contributed by atoms with Crippen LogP contribution in [0.5, 0.6) is 0 Å². The maximum atomic E-state index is 4.39. The van der Waals surface area contributed by atoms with Crippen molar-refractivity contribution in [1.82, 2.24) is 4.98 Å². The maximum Gasteiger partial charge on any atom is 0.0752 e. The van der Waals surface area contributed by atoms with E-state index < -0.39 is 0 Å². The lowest BCUT2D eigenvalue weighted by molar-refractivity contribution is 1.34. The van der Waals surface area contributed by atoms with Gasteiger partial charge in [0, 0.05) is 18.7 Å². The van der Waals surface area contributed by atoms with Gasteiger partial charge < -0.3 is 0 Å². The Bertz CT molecular complexity index is 466. The Morgan fingerprint density at radius 1 is 1.23 bits per heavy atom. The van der Waals surface area contributed by atoms with Crippen LogP contribution in [0.4, 0.5) is 0 Å². The molecule has 0 radical (unpaired) electrons. The van der Waals surface area contributed by atoms with E-state index in [0.717, 1.165) is 5.52 Å². The van der Waals surface area contributed by atoms with Crippen LogP contribution in [0.3, 0.4) is 0 Å². The Morgan fingerprint density at radius 3 is 2.77 bits per heavy atom. The minimum atomic E-state index is 1.12. The average molecular weight is 395 g/mol. The second kappa shape index (κ2) is 3.68. The largest absolute Gasteiger partial charge is 0.256 e. The molecule has 66 valence electrons. The summed E-state index contributed by atoms with van der Waals surface area (Å²) in [5.74, 6) is 0. The zero-order valence-electron chi connectivity index (χ0n) is 7.01. The lowest BCUT2D eigenvalue weighted by atomic mass is 10.1. The topological polar surface area (TPSA) is 12.9 Å². The van der Waals surface area contributed by atoms with E-state index in [9.17, 15) is 0 Å². The molecule has 0 saturated carbocycles. The van der Waals surface area contributed by atoms with Crippen molar-refractivity contribution in [2.24, 2.45) is 0 Å². The zero-order chi connectivity index (χ0) is 9.42. The highest BCUT2D eigenvalue weighted by atomic mass is 127. The van der Waals surface area contributed by atoms with Crippen molar-refractivity contribution >= 4 is 56.1 Å². The fourth-order valence-electron chi connectivity index (χ4n) is 1.31.